The van der Waals surface area contributed by atoms with Gasteiger partial charge in [-0.05, 0) is 55.3 Å². The molecule has 0 spiro atoms. The van der Waals surface area contributed by atoms with Gasteiger partial charge in [-0.1, -0.05) is 12.1 Å². The van der Waals surface area contributed by atoms with Crippen LogP contribution in [-0.2, 0) is 6.54 Å². The highest BCUT2D eigenvalue weighted by Gasteiger charge is 2.24. The lowest BCUT2D eigenvalue weighted by Crippen LogP contribution is -2.40. The molecule has 0 amide bonds. The maximum Gasteiger partial charge on any atom is 0.191 e. The Kier molecular flexibility index (Phi) is 6.98. The van der Waals surface area contributed by atoms with E-state index >= 15 is 0 Å². The van der Waals surface area contributed by atoms with Gasteiger partial charge < -0.3 is 20.3 Å². The first kappa shape index (κ1) is 19.5. The highest BCUT2D eigenvalue weighted by molar-refractivity contribution is 7.10. The molecule has 5 nitrogen and oxygen atoms in total. The van der Waals surface area contributed by atoms with Crippen molar-refractivity contribution in [3.05, 3.63) is 46.2 Å². The van der Waals surface area contributed by atoms with Crippen molar-refractivity contribution in [2.75, 3.05) is 38.2 Å². The second-order valence-electron chi connectivity index (χ2n) is 6.88. The molecule has 0 bridgehead atoms. The summed E-state index contributed by atoms with van der Waals surface area (Å²) in [7, 11) is 1.74. The molecular weight excluding hydrogens is 356 g/mol. The van der Waals surface area contributed by atoms with Crippen LogP contribution in [0, 0.1) is 12.8 Å². The largest absolute Gasteiger partial charge is 0.495 e. The number of para-hydroxylation sites is 2. The first-order valence-corrected chi connectivity index (χ1v) is 10.5. The number of guanidine groups is 1. The molecule has 27 heavy (non-hydrogen) atoms. The number of hydrogen-bond donors (Lipinski definition) is 2. The zero-order valence-electron chi connectivity index (χ0n) is 16.5. The van der Waals surface area contributed by atoms with Crippen molar-refractivity contribution >= 4 is 23.0 Å². The Bertz CT molecular complexity index is 758. The number of aryl methyl sites for hydroxylation is 1. The molecule has 1 aromatic heterocycles. The highest BCUT2D eigenvalue weighted by Crippen LogP contribution is 2.31. The molecule has 1 aromatic carbocycles. The number of nitrogens with one attached hydrogen (secondary N) is 2. The summed E-state index contributed by atoms with van der Waals surface area (Å²) >= 11 is 1.77. The van der Waals surface area contributed by atoms with Crippen molar-refractivity contribution in [1.29, 1.82) is 0 Å². The highest BCUT2D eigenvalue weighted by atomic mass is 32.1. The summed E-state index contributed by atoms with van der Waals surface area (Å²) in [5.74, 6) is 2.45. The standard InChI is InChI=1S/C21H30N4OS/c1-4-22-21(24-14-20-16(2)10-12-27-20)23-13-17-9-11-25(15-17)18-7-5-6-8-19(18)26-3/h5-8,10,12,17H,4,9,11,13-15H2,1-3H3,(H2,22,23,24). The van der Waals surface area contributed by atoms with Gasteiger partial charge in [-0.15, -0.1) is 11.3 Å². The van der Waals surface area contributed by atoms with Gasteiger partial charge in [-0.3, -0.25) is 0 Å². The second kappa shape index (κ2) is 9.65. The van der Waals surface area contributed by atoms with Gasteiger partial charge >= 0.3 is 0 Å². The van der Waals surface area contributed by atoms with Gasteiger partial charge in [0.1, 0.15) is 5.75 Å². The SMILES string of the molecule is CCNC(=NCc1sccc1C)NCC1CCN(c2ccccc2OC)C1. The number of nitrogens with zero attached hydrogens (tertiary/aromatic N) is 2. The van der Waals surface area contributed by atoms with E-state index in [1.54, 1.807) is 18.4 Å². The number of anilines is 1. The minimum atomic E-state index is 0.599. The molecule has 1 aliphatic rings. The molecule has 0 aliphatic carbocycles. The van der Waals surface area contributed by atoms with Crippen LogP contribution < -0.4 is 20.3 Å². The van der Waals surface area contributed by atoms with E-state index in [1.165, 1.54) is 22.5 Å². The molecule has 1 unspecified atom stereocenters. The van der Waals surface area contributed by atoms with Crippen molar-refractivity contribution in [2.45, 2.75) is 26.8 Å². The molecule has 0 saturated carbocycles. The molecule has 0 radical (unpaired) electrons. The number of thiophene rings is 1. The van der Waals surface area contributed by atoms with E-state index in [9.17, 15) is 0 Å². The Morgan fingerprint density at radius 2 is 2.15 bits per heavy atom. The Morgan fingerprint density at radius 1 is 1.30 bits per heavy atom. The van der Waals surface area contributed by atoms with Gasteiger partial charge in [-0.25, -0.2) is 4.99 Å². The molecule has 1 saturated heterocycles. The molecule has 1 atom stereocenters. The van der Waals surface area contributed by atoms with E-state index in [0.717, 1.165) is 44.4 Å². The average molecular weight is 387 g/mol. The first-order valence-electron chi connectivity index (χ1n) is 9.64. The number of aliphatic imine (C=N–C) groups is 1. The molecule has 2 N–H and O–H groups in total. The maximum absolute atomic E-state index is 5.51. The number of rotatable bonds is 7. The minimum absolute atomic E-state index is 0.599. The summed E-state index contributed by atoms with van der Waals surface area (Å²) in [6.07, 6.45) is 1.18. The molecular formula is C21H30N4OS. The zero-order chi connectivity index (χ0) is 19.1. The predicted octanol–water partition coefficient (Wildman–Crippen LogP) is 3.65. The summed E-state index contributed by atoms with van der Waals surface area (Å²) in [5.41, 5.74) is 2.51. The Hall–Kier alpha value is -2.21. The first-order chi connectivity index (χ1) is 13.2. The lowest BCUT2D eigenvalue weighted by atomic mass is 10.1. The summed E-state index contributed by atoms with van der Waals surface area (Å²) in [5, 5.41) is 9.02. The molecule has 2 aromatic rings. The molecule has 3 rings (SSSR count). The average Bonchev–Trinajstić information content (AvgIpc) is 3.33. The summed E-state index contributed by atoms with van der Waals surface area (Å²) in [6.45, 7) is 8.88. The number of hydrogen-bond acceptors (Lipinski definition) is 4. The fraction of sp³-hybridized carbons (Fsp3) is 0.476. The van der Waals surface area contributed by atoms with Crippen molar-refractivity contribution in [1.82, 2.24) is 10.6 Å². The van der Waals surface area contributed by atoms with Gasteiger partial charge in [0.15, 0.2) is 5.96 Å². The molecule has 2 heterocycles. The van der Waals surface area contributed by atoms with E-state index in [4.69, 9.17) is 9.73 Å². The Balaban J connectivity index is 1.54. The number of methoxy groups -OCH3 is 1. The fourth-order valence-electron chi connectivity index (χ4n) is 3.41. The van der Waals surface area contributed by atoms with Crippen LogP contribution in [0.4, 0.5) is 5.69 Å². The topological polar surface area (TPSA) is 48.9 Å². The summed E-state index contributed by atoms with van der Waals surface area (Å²) in [4.78, 5) is 8.50. The Morgan fingerprint density at radius 3 is 2.89 bits per heavy atom. The Labute approximate surface area is 166 Å². The minimum Gasteiger partial charge on any atom is -0.495 e. The van der Waals surface area contributed by atoms with Crippen LogP contribution >= 0.6 is 11.3 Å². The maximum atomic E-state index is 5.51. The lowest BCUT2D eigenvalue weighted by molar-refractivity contribution is 0.414. The van der Waals surface area contributed by atoms with Crippen LogP contribution in [0.15, 0.2) is 40.7 Å². The summed E-state index contributed by atoms with van der Waals surface area (Å²) < 4.78 is 5.51. The molecule has 6 heteroatoms. The van der Waals surface area contributed by atoms with E-state index in [1.807, 2.05) is 12.1 Å². The van der Waals surface area contributed by atoms with E-state index < -0.39 is 0 Å². The van der Waals surface area contributed by atoms with Crippen molar-refractivity contribution in [2.24, 2.45) is 10.9 Å². The van der Waals surface area contributed by atoms with Crippen molar-refractivity contribution in [3.63, 3.8) is 0 Å². The third-order valence-electron chi connectivity index (χ3n) is 4.96. The monoisotopic (exact) mass is 386 g/mol. The smallest absolute Gasteiger partial charge is 0.191 e. The van der Waals surface area contributed by atoms with Gasteiger partial charge in [0.2, 0.25) is 0 Å². The number of ether oxygens (including phenoxy) is 1. The third-order valence-corrected chi connectivity index (χ3v) is 5.97. The number of benzene rings is 1. The van der Waals surface area contributed by atoms with Crippen LogP contribution in [0.3, 0.4) is 0 Å². The van der Waals surface area contributed by atoms with E-state index in [-0.39, 0.29) is 0 Å². The van der Waals surface area contributed by atoms with Crippen LogP contribution in [0.2, 0.25) is 0 Å². The van der Waals surface area contributed by atoms with Gasteiger partial charge in [0, 0.05) is 31.1 Å². The summed E-state index contributed by atoms with van der Waals surface area (Å²) in [6, 6.07) is 10.4. The fourth-order valence-corrected chi connectivity index (χ4v) is 4.24. The molecule has 1 aliphatic heterocycles. The second-order valence-corrected chi connectivity index (χ2v) is 7.88. The zero-order valence-corrected chi connectivity index (χ0v) is 17.3. The van der Waals surface area contributed by atoms with Crippen LogP contribution in [0.1, 0.15) is 23.8 Å². The van der Waals surface area contributed by atoms with Gasteiger partial charge in [-0.2, -0.15) is 0 Å². The van der Waals surface area contributed by atoms with Gasteiger partial charge in [0.25, 0.3) is 0 Å². The lowest BCUT2D eigenvalue weighted by Gasteiger charge is -2.21. The third kappa shape index (κ3) is 5.16. The van der Waals surface area contributed by atoms with Crippen LogP contribution in [0.5, 0.6) is 5.75 Å². The van der Waals surface area contributed by atoms with Crippen molar-refractivity contribution in [3.8, 4) is 5.75 Å². The van der Waals surface area contributed by atoms with E-state index in [2.05, 4.69) is 53.0 Å². The van der Waals surface area contributed by atoms with Crippen LogP contribution in [0.25, 0.3) is 0 Å². The molecule has 146 valence electrons. The van der Waals surface area contributed by atoms with E-state index in [0.29, 0.717) is 5.92 Å². The van der Waals surface area contributed by atoms with Crippen molar-refractivity contribution < 1.29 is 4.74 Å². The normalized spacial score (nSPS) is 17.2. The quantitative estimate of drug-likeness (QED) is 0.563. The molecule has 1 fully saturated rings. The van der Waals surface area contributed by atoms with Gasteiger partial charge in [0.05, 0.1) is 19.3 Å². The predicted molar refractivity (Wildman–Crippen MR) is 115 cm³/mol. The van der Waals surface area contributed by atoms with Crippen LogP contribution in [-0.4, -0.2) is 39.2 Å².